The Balaban J connectivity index is 1.52. The number of carbonyl (C=O) groups is 5. The number of ether oxygens (including phenoxy) is 1. The standard InChI is InChI=1S/C36H42N4O6/c1-37-34(43)30(18-24-12-6-3-7-13-24)39-32(41)27-20-28(22-29(21-27)36(45)46-23-26-16-10-5-11-17-26)33(42)40-31(35(44)38-2)19-25-14-8-4-9-15-25/h3-17,27-31H,18-23H2,1-2H3,(H,37,43)(H,38,44)(H,39,41)(H,40,42)/t27-,28+,29-,30-,31-/m0/s1. The van der Waals surface area contributed by atoms with Gasteiger partial charge >= 0.3 is 5.97 Å². The van der Waals surface area contributed by atoms with Gasteiger partial charge in [0.2, 0.25) is 23.6 Å². The summed E-state index contributed by atoms with van der Waals surface area (Å²) in [5.41, 5.74) is 2.57. The maximum Gasteiger partial charge on any atom is 0.309 e. The lowest BCUT2D eigenvalue weighted by atomic mass is 9.74. The number of rotatable bonds is 13. The van der Waals surface area contributed by atoms with Gasteiger partial charge in [0.05, 0.1) is 5.92 Å². The summed E-state index contributed by atoms with van der Waals surface area (Å²) in [6.45, 7) is 0.0650. The van der Waals surface area contributed by atoms with Gasteiger partial charge < -0.3 is 26.0 Å². The third-order valence-corrected chi connectivity index (χ3v) is 8.33. The number of likely N-dealkylation sites (N-methyl/N-ethyl adjacent to an activating group) is 2. The summed E-state index contributed by atoms with van der Waals surface area (Å²) in [5, 5.41) is 10.9. The number of benzene rings is 3. The molecule has 0 spiro atoms. The Morgan fingerprint density at radius 2 is 0.957 bits per heavy atom. The number of hydrogen-bond donors (Lipinski definition) is 4. The van der Waals surface area contributed by atoms with Crippen molar-refractivity contribution in [3.8, 4) is 0 Å². The van der Waals surface area contributed by atoms with Crippen molar-refractivity contribution in [3.05, 3.63) is 108 Å². The zero-order chi connectivity index (χ0) is 32.9. The number of hydrogen-bond acceptors (Lipinski definition) is 6. The van der Waals surface area contributed by atoms with Crippen molar-refractivity contribution in [2.24, 2.45) is 17.8 Å². The van der Waals surface area contributed by atoms with Crippen LogP contribution >= 0.6 is 0 Å². The van der Waals surface area contributed by atoms with Crippen molar-refractivity contribution in [1.29, 1.82) is 0 Å². The molecule has 0 heterocycles. The van der Waals surface area contributed by atoms with Gasteiger partial charge in [-0.1, -0.05) is 91.0 Å². The molecule has 242 valence electrons. The van der Waals surface area contributed by atoms with Crippen LogP contribution < -0.4 is 21.3 Å². The highest BCUT2D eigenvalue weighted by Gasteiger charge is 2.41. The first-order valence-corrected chi connectivity index (χ1v) is 15.6. The SMILES string of the molecule is CNC(=O)[C@H](Cc1ccccc1)NC(=O)[C@@H]1C[C@H](C(=O)N[C@@H](Cc2ccccc2)C(=O)NC)C[C@H](C(=O)OCc2ccccc2)C1. The van der Waals surface area contributed by atoms with Gasteiger partial charge in [-0.3, -0.25) is 24.0 Å². The molecule has 4 rings (SSSR count). The molecule has 0 bridgehead atoms. The fourth-order valence-corrected chi connectivity index (χ4v) is 5.83. The average Bonchev–Trinajstić information content (AvgIpc) is 3.10. The van der Waals surface area contributed by atoms with Crippen LogP contribution in [0.25, 0.3) is 0 Å². The van der Waals surface area contributed by atoms with Crippen LogP contribution in [-0.2, 0) is 48.2 Å². The van der Waals surface area contributed by atoms with Crippen LogP contribution in [0.3, 0.4) is 0 Å². The normalized spacial score (nSPS) is 18.7. The molecule has 0 saturated heterocycles. The van der Waals surface area contributed by atoms with E-state index in [4.69, 9.17) is 4.74 Å². The summed E-state index contributed by atoms with van der Waals surface area (Å²) in [6, 6.07) is 26.2. The van der Waals surface area contributed by atoms with Gasteiger partial charge in [0.15, 0.2) is 0 Å². The number of esters is 1. The second-order valence-corrected chi connectivity index (χ2v) is 11.6. The maximum atomic E-state index is 13.7. The summed E-state index contributed by atoms with van der Waals surface area (Å²) in [5.74, 6) is -4.26. The third-order valence-electron chi connectivity index (χ3n) is 8.33. The lowest BCUT2D eigenvalue weighted by Crippen LogP contribution is -2.52. The second-order valence-electron chi connectivity index (χ2n) is 11.6. The van der Waals surface area contributed by atoms with Crippen LogP contribution in [0.2, 0.25) is 0 Å². The Labute approximate surface area is 269 Å². The Kier molecular flexibility index (Phi) is 12.5. The molecule has 0 aliphatic heterocycles. The van der Waals surface area contributed by atoms with Crippen LogP contribution in [0.1, 0.15) is 36.0 Å². The highest BCUT2D eigenvalue weighted by Crippen LogP contribution is 2.35. The highest BCUT2D eigenvalue weighted by atomic mass is 16.5. The quantitative estimate of drug-likeness (QED) is 0.215. The summed E-state index contributed by atoms with van der Waals surface area (Å²) < 4.78 is 5.62. The molecule has 10 nitrogen and oxygen atoms in total. The molecule has 1 fully saturated rings. The molecule has 1 aliphatic rings. The van der Waals surface area contributed by atoms with Crippen molar-refractivity contribution in [2.45, 2.75) is 50.8 Å². The minimum atomic E-state index is -0.846. The molecule has 5 atom stereocenters. The van der Waals surface area contributed by atoms with Gasteiger partial charge in [-0.05, 0) is 36.0 Å². The largest absolute Gasteiger partial charge is 0.461 e. The average molecular weight is 627 g/mol. The van der Waals surface area contributed by atoms with E-state index in [9.17, 15) is 24.0 Å². The molecule has 46 heavy (non-hydrogen) atoms. The summed E-state index contributed by atoms with van der Waals surface area (Å²) in [4.78, 5) is 66.3. The predicted molar refractivity (Wildman–Crippen MR) is 173 cm³/mol. The van der Waals surface area contributed by atoms with Crippen molar-refractivity contribution >= 4 is 29.6 Å². The summed E-state index contributed by atoms with van der Waals surface area (Å²) in [7, 11) is 3.01. The first-order chi connectivity index (χ1) is 22.3. The summed E-state index contributed by atoms with van der Waals surface area (Å²) >= 11 is 0. The van der Waals surface area contributed by atoms with Gasteiger partial charge in [0, 0.05) is 38.8 Å². The van der Waals surface area contributed by atoms with Crippen molar-refractivity contribution < 1.29 is 28.7 Å². The lowest BCUT2D eigenvalue weighted by molar-refractivity contribution is -0.154. The van der Waals surface area contributed by atoms with Crippen LogP contribution in [0.15, 0.2) is 91.0 Å². The molecule has 10 heteroatoms. The predicted octanol–water partition coefficient (Wildman–Crippen LogP) is 2.71. The Bertz CT molecular complexity index is 1380. The monoisotopic (exact) mass is 626 g/mol. The van der Waals surface area contributed by atoms with Crippen molar-refractivity contribution in [1.82, 2.24) is 21.3 Å². The van der Waals surface area contributed by atoms with E-state index in [0.717, 1.165) is 16.7 Å². The zero-order valence-corrected chi connectivity index (χ0v) is 26.2. The Morgan fingerprint density at radius 3 is 1.35 bits per heavy atom. The molecule has 1 saturated carbocycles. The van der Waals surface area contributed by atoms with E-state index in [1.54, 1.807) is 0 Å². The van der Waals surface area contributed by atoms with E-state index in [0.29, 0.717) is 0 Å². The van der Waals surface area contributed by atoms with Crippen LogP contribution in [0, 0.1) is 17.8 Å². The van der Waals surface area contributed by atoms with Gasteiger partial charge in [0.25, 0.3) is 0 Å². The van der Waals surface area contributed by atoms with Crippen LogP contribution in [0.4, 0.5) is 0 Å². The third kappa shape index (κ3) is 9.76. The Hall–Kier alpha value is -4.99. The molecule has 4 N–H and O–H groups in total. The number of amides is 4. The van der Waals surface area contributed by atoms with E-state index in [1.165, 1.54) is 14.1 Å². The van der Waals surface area contributed by atoms with Crippen molar-refractivity contribution in [2.75, 3.05) is 14.1 Å². The van der Waals surface area contributed by atoms with E-state index in [1.807, 2.05) is 91.0 Å². The molecular weight excluding hydrogens is 584 g/mol. The highest BCUT2D eigenvalue weighted by molar-refractivity contribution is 5.91. The fourth-order valence-electron chi connectivity index (χ4n) is 5.83. The maximum absolute atomic E-state index is 13.7. The van der Waals surface area contributed by atoms with E-state index < -0.39 is 47.6 Å². The van der Waals surface area contributed by atoms with E-state index in [2.05, 4.69) is 21.3 Å². The minimum absolute atomic E-state index is 0.0650. The van der Waals surface area contributed by atoms with Gasteiger partial charge in [-0.25, -0.2) is 0 Å². The number of nitrogens with one attached hydrogen (secondary N) is 4. The molecule has 4 amide bonds. The molecule has 3 aromatic rings. The number of carbonyl (C=O) groups excluding carboxylic acids is 5. The fraction of sp³-hybridized carbons (Fsp3) is 0.361. The first kappa shape index (κ1) is 33.9. The minimum Gasteiger partial charge on any atom is -0.461 e. The second kappa shape index (κ2) is 16.9. The molecule has 0 aromatic heterocycles. The Morgan fingerprint density at radius 1 is 0.587 bits per heavy atom. The van der Waals surface area contributed by atoms with E-state index >= 15 is 0 Å². The molecule has 0 radical (unpaired) electrons. The molecule has 3 aromatic carbocycles. The van der Waals surface area contributed by atoms with Gasteiger partial charge in [0.1, 0.15) is 18.7 Å². The van der Waals surface area contributed by atoms with Gasteiger partial charge in [-0.15, -0.1) is 0 Å². The topological polar surface area (TPSA) is 143 Å². The van der Waals surface area contributed by atoms with Crippen LogP contribution in [0.5, 0.6) is 0 Å². The lowest BCUT2D eigenvalue weighted by Gasteiger charge is -2.34. The molecular formula is C36H42N4O6. The van der Waals surface area contributed by atoms with Gasteiger partial charge in [-0.2, -0.15) is 0 Å². The first-order valence-electron chi connectivity index (χ1n) is 15.6. The van der Waals surface area contributed by atoms with Crippen molar-refractivity contribution in [3.63, 3.8) is 0 Å². The van der Waals surface area contributed by atoms with E-state index in [-0.39, 0.29) is 50.5 Å². The zero-order valence-electron chi connectivity index (χ0n) is 26.2. The van der Waals surface area contributed by atoms with Crippen LogP contribution in [-0.4, -0.2) is 55.8 Å². The smallest absolute Gasteiger partial charge is 0.309 e. The molecule has 1 aliphatic carbocycles. The summed E-state index contributed by atoms with van der Waals surface area (Å²) in [6.07, 6.45) is 1.03. The molecule has 0 unspecified atom stereocenters.